The molecule has 0 fully saturated rings. The molecule has 1 aromatic heterocycles. The summed E-state index contributed by atoms with van der Waals surface area (Å²) in [5.41, 5.74) is 2.14. The van der Waals surface area contributed by atoms with Crippen LogP contribution < -0.4 is 10.0 Å². The zero-order chi connectivity index (χ0) is 16.4. The average Bonchev–Trinajstić information content (AvgIpc) is 2.48. The number of hydrogen-bond acceptors (Lipinski definition) is 5. The summed E-state index contributed by atoms with van der Waals surface area (Å²) >= 11 is 3.44. The predicted octanol–water partition coefficient (Wildman–Crippen LogP) is 3.51. The Morgan fingerprint density at radius 1 is 1.00 bits per heavy atom. The maximum atomic E-state index is 11.2. The van der Waals surface area contributed by atoms with E-state index in [1.807, 2.05) is 18.2 Å². The smallest absolute Gasteiger partial charge is 0.229 e. The number of sulfonamides is 1. The maximum Gasteiger partial charge on any atom is 0.229 e. The van der Waals surface area contributed by atoms with E-state index in [0.29, 0.717) is 11.5 Å². The Balaban J connectivity index is 1.89. The predicted molar refractivity (Wildman–Crippen MR) is 95.4 cm³/mol. The zero-order valence-corrected chi connectivity index (χ0v) is 14.5. The third-order valence-corrected chi connectivity index (χ3v) is 4.15. The monoisotopic (exact) mass is 392 g/mol. The van der Waals surface area contributed by atoms with E-state index in [-0.39, 0.29) is 0 Å². The van der Waals surface area contributed by atoms with Gasteiger partial charge < -0.3 is 5.32 Å². The highest BCUT2D eigenvalue weighted by Gasteiger charge is 2.06. The molecule has 3 rings (SSSR count). The quantitative estimate of drug-likeness (QED) is 0.709. The van der Waals surface area contributed by atoms with Crippen LogP contribution in [0.1, 0.15) is 0 Å². The van der Waals surface area contributed by atoms with Crippen molar-refractivity contribution in [3.8, 4) is 0 Å². The van der Waals surface area contributed by atoms with E-state index in [2.05, 4.69) is 35.9 Å². The van der Waals surface area contributed by atoms with Crippen LogP contribution in [0, 0.1) is 0 Å². The number of anilines is 3. The van der Waals surface area contributed by atoms with Gasteiger partial charge >= 0.3 is 0 Å². The molecule has 0 saturated carbocycles. The van der Waals surface area contributed by atoms with Gasteiger partial charge in [-0.1, -0.05) is 15.9 Å². The molecular formula is C15H13BrN4O2S. The van der Waals surface area contributed by atoms with E-state index in [1.54, 1.807) is 24.3 Å². The van der Waals surface area contributed by atoms with Gasteiger partial charge in [0.25, 0.3) is 0 Å². The van der Waals surface area contributed by atoms with Gasteiger partial charge in [0.1, 0.15) is 12.1 Å². The topological polar surface area (TPSA) is 84.0 Å². The van der Waals surface area contributed by atoms with Crippen molar-refractivity contribution in [3.63, 3.8) is 0 Å². The van der Waals surface area contributed by atoms with Crippen molar-refractivity contribution in [2.75, 3.05) is 16.3 Å². The highest BCUT2D eigenvalue weighted by atomic mass is 79.9. The number of benzene rings is 2. The zero-order valence-electron chi connectivity index (χ0n) is 12.1. The number of rotatable bonds is 4. The molecule has 0 bridgehead atoms. The number of nitrogens with one attached hydrogen (secondary N) is 2. The normalized spacial score (nSPS) is 11.4. The van der Waals surface area contributed by atoms with E-state index in [0.717, 1.165) is 27.3 Å². The fourth-order valence-electron chi connectivity index (χ4n) is 2.10. The van der Waals surface area contributed by atoms with E-state index >= 15 is 0 Å². The molecule has 0 aliphatic carbocycles. The van der Waals surface area contributed by atoms with Crippen LogP contribution in [0.5, 0.6) is 0 Å². The molecule has 8 heteroatoms. The first kappa shape index (κ1) is 15.7. The molecule has 3 aromatic rings. The lowest BCUT2D eigenvalue weighted by molar-refractivity contribution is 0.607. The fourth-order valence-corrected chi connectivity index (χ4v) is 3.03. The Labute approximate surface area is 142 Å². The second kappa shape index (κ2) is 6.13. The van der Waals surface area contributed by atoms with Crippen LogP contribution in [-0.2, 0) is 10.0 Å². The lowest BCUT2D eigenvalue weighted by Gasteiger charge is -2.10. The first-order chi connectivity index (χ1) is 10.9. The van der Waals surface area contributed by atoms with Gasteiger partial charge in [0.2, 0.25) is 10.0 Å². The molecule has 6 nitrogen and oxygen atoms in total. The Bertz CT molecular complexity index is 959. The van der Waals surface area contributed by atoms with Gasteiger partial charge in [-0.2, -0.15) is 0 Å². The molecule has 0 amide bonds. The molecule has 0 saturated heterocycles. The summed E-state index contributed by atoms with van der Waals surface area (Å²) in [5, 5.41) is 4.10. The molecule has 0 spiro atoms. The van der Waals surface area contributed by atoms with Crippen LogP contribution in [0.15, 0.2) is 53.3 Å². The summed E-state index contributed by atoms with van der Waals surface area (Å²) in [4.78, 5) is 8.50. The van der Waals surface area contributed by atoms with Gasteiger partial charge in [0.15, 0.2) is 0 Å². The Morgan fingerprint density at radius 3 is 2.39 bits per heavy atom. The van der Waals surface area contributed by atoms with Crippen molar-refractivity contribution < 1.29 is 8.42 Å². The molecule has 0 radical (unpaired) electrons. The van der Waals surface area contributed by atoms with Gasteiger partial charge in [0.05, 0.1) is 11.8 Å². The molecule has 0 aliphatic heterocycles. The number of nitrogens with zero attached hydrogens (tertiary/aromatic N) is 2. The number of hydrogen-bond donors (Lipinski definition) is 2. The molecule has 118 valence electrons. The van der Waals surface area contributed by atoms with E-state index < -0.39 is 10.0 Å². The first-order valence-electron chi connectivity index (χ1n) is 6.66. The second-order valence-corrected chi connectivity index (χ2v) is 7.62. The number of aromatic nitrogens is 2. The van der Waals surface area contributed by atoms with Crippen molar-refractivity contribution in [1.29, 1.82) is 0 Å². The minimum absolute atomic E-state index is 0.508. The van der Waals surface area contributed by atoms with Crippen LogP contribution in [0.3, 0.4) is 0 Å². The molecule has 2 N–H and O–H groups in total. The number of halogens is 1. The Morgan fingerprint density at radius 2 is 1.70 bits per heavy atom. The minimum atomic E-state index is -3.28. The molecule has 23 heavy (non-hydrogen) atoms. The summed E-state index contributed by atoms with van der Waals surface area (Å²) in [6.45, 7) is 0. The summed E-state index contributed by atoms with van der Waals surface area (Å²) in [7, 11) is -3.28. The number of fused-ring (bicyclic) bond motifs is 1. The molecule has 2 aromatic carbocycles. The highest BCUT2D eigenvalue weighted by molar-refractivity contribution is 9.10. The fraction of sp³-hybridized carbons (Fsp3) is 0.0667. The maximum absolute atomic E-state index is 11.2. The van der Waals surface area contributed by atoms with E-state index in [4.69, 9.17) is 0 Å². The highest BCUT2D eigenvalue weighted by Crippen LogP contribution is 2.26. The minimum Gasteiger partial charge on any atom is -0.340 e. The molecule has 1 heterocycles. The van der Waals surface area contributed by atoms with Crippen LogP contribution in [0.4, 0.5) is 17.2 Å². The van der Waals surface area contributed by atoms with Crippen LogP contribution >= 0.6 is 15.9 Å². The second-order valence-electron chi connectivity index (χ2n) is 4.96. The Kier molecular flexibility index (Phi) is 4.18. The molecule has 0 atom stereocenters. The van der Waals surface area contributed by atoms with Crippen LogP contribution in [-0.4, -0.2) is 24.6 Å². The first-order valence-corrected chi connectivity index (χ1v) is 9.34. The summed E-state index contributed by atoms with van der Waals surface area (Å²) in [5.74, 6) is 0.681. The van der Waals surface area contributed by atoms with Crippen molar-refractivity contribution in [3.05, 3.63) is 53.3 Å². The van der Waals surface area contributed by atoms with Gasteiger partial charge in [-0.15, -0.1) is 0 Å². The van der Waals surface area contributed by atoms with Gasteiger partial charge in [-0.25, -0.2) is 18.4 Å². The van der Waals surface area contributed by atoms with Gasteiger partial charge in [0, 0.05) is 21.2 Å². The lowest BCUT2D eigenvalue weighted by Crippen LogP contribution is -2.09. The van der Waals surface area contributed by atoms with Crippen molar-refractivity contribution >= 4 is 54.0 Å². The molecule has 0 aliphatic rings. The van der Waals surface area contributed by atoms with Gasteiger partial charge in [-0.05, 0) is 42.5 Å². The van der Waals surface area contributed by atoms with E-state index in [1.165, 1.54) is 6.33 Å². The largest absolute Gasteiger partial charge is 0.340 e. The van der Waals surface area contributed by atoms with Crippen molar-refractivity contribution in [1.82, 2.24) is 9.97 Å². The summed E-state index contributed by atoms with van der Waals surface area (Å²) < 4.78 is 25.8. The third-order valence-electron chi connectivity index (χ3n) is 3.05. The molecular weight excluding hydrogens is 380 g/mol. The van der Waals surface area contributed by atoms with Crippen molar-refractivity contribution in [2.45, 2.75) is 0 Å². The third kappa shape index (κ3) is 3.96. The SMILES string of the molecule is CS(=O)(=O)Nc1ccc(Nc2ncnc3ccc(Br)cc23)cc1. The van der Waals surface area contributed by atoms with Crippen LogP contribution in [0.25, 0.3) is 10.9 Å². The molecule has 0 unspecified atom stereocenters. The lowest BCUT2D eigenvalue weighted by atomic mass is 10.2. The van der Waals surface area contributed by atoms with Crippen LogP contribution in [0.2, 0.25) is 0 Å². The summed E-state index contributed by atoms with van der Waals surface area (Å²) in [6.07, 6.45) is 2.61. The van der Waals surface area contributed by atoms with E-state index in [9.17, 15) is 8.42 Å². The van der Waals surface area contributed by atoms with Crippen molar-refractivity contribution in [2.24, 2.45) is 0 Å². The van der Waals surface area contributed by atoms with Gasteiger partial charge in [-0.3, -0.25) is 4.72 Å². The average molecular weight is 393 g/mol. The standard InChI is InChI=1S/C15H13BrN4O2S/c1-23(21,22)20-12-5-3-11(4-6-12)19-15-13-8-10(16)2-7-14(13)17-9-18-15/h2-9,20H,1H3,(H,17,18,19). The Hall–Kier alpha value is -2.19. The summed E-state index contributed by atoms with van der Waals surface area (Å²) in [6, 6.07) is 12.7.